The maximum Gasteiger partial charge on any atom is 0.119 e. The number of aliphatic hydroxyl groups is 1. The third-order valence-electron chi connectivity index (χ3n) is 2.95. The van der Waals surface area contributed by atoms with E-state index in [4.69, 9.17) is 4.74 Å². The van der Waals surface area contributed by atoms with Crippen molar-refractivity contribution in [3.8, 4) is 5.75 Å². The molecule has 0 amide bonds. The van der Waals surface area contributed by atoms with Crippen molar-refractivity contribution in [3.63, 3.8) is 0 Å². The third kappa shape index (κ3) is 5.85. The number of hydrogen-bond acceptors (Lipinski definition) is 4. The highest BCUT2D eigenvalue weighted by molar-refractivity contribution is 7.99. The Morgan fingerprint density at radius 3 is 2.74 bits per heavy atom. The van der Waals surface area contributed by atoms with Gasteiger partial charge in [0.25, 0.3) is 0 Å². The zero-order chi connectivity index (χ0) is 14.3. The van der Waals surface area contributed by atoms with Gasteiger partial charge in [-0.25, -0.2) is 0 Å². The predicted molar refractivity (Wildman–Crippen MR) is 82.1 cm³/mol. The van der Waals surface area contributed by atoms with Crippen LogP contribution in [0.5, 0.6) is 5.75 Å². The lowest BCUT2D eigenvalue weighted by molar-refractivity contribution is 0.162. The van der Waals surface area contributed by atoms with Crippen LogP contribution in [-0.4, -0.2) is 36.2 Å². The van der Waals surface area contributed by atoms with Gasteiger partial charge in [0.05, 0.1) is 13.7 Å². The summed E-state index contributed by atoms with van der Waals surface area (Å²) in [6.07, 6.45) is 0.920. The Morgan fingerprint density at radius 1 is 1.42 bits per heavy atom. The molecule has 0 fully saturated rings. The maximum atomic E-state index is 9.52. The van der Waals surface area contributed by atoms with E-state index in [0.717, 1.165) is 17.9 Å². The molecule has 0 aliphatic rings. The van der Waals surface area contributed by atoms with Gasteiger partial charge in [0, 0.05) is 16.5 Å². The van der Waals surface area contributed by atoms with Crippen molar-refractivity contribution >= 4 is 11.8 Å². The maximum absolute atomic E-state index is 9.52. The molecule has 4 heteroatoms. The van der Waals surface area contributed by atoms with Gasteiger partial charge in [-0.3, -0.25) is 0 Å². The summed E-state index contributed by atoms with van der Waals surface area (Å²) in [6, 6.07) is 8.44. The third-order valence-corrected chi connectivity index (χ3v) is 3.95. The first kappa shape index (κ1) is 16.3. The van der Waals surface area contributed by atoms with Crippen molar-refractivity contribution in [3.05, 3.63) is 24.3 Å². The molecule has 0 saturated carbocycles. The van der Waals surface area contributed by atoms with Crippen LogP contribution in [0.1, 0.15) is 27.2 Å². The minimum absolute atomic E-state index is 0.157. The topological polar surface area (TPSA) is 41.5 Å². The molecule has 1 unspecified atom stereocenters. The summed E-state index contributed by atoms with van der Waals surface area (Å²) in [6.45, 7) is 6.43. The highest BCUT2D eigenvalue weighted by atomic mass is 32.2. The monoisotopic (exact) mass is 283 g/mol. The van der Waals surface area contributed by atoms with E-state index in [1.54, 1.807) is 18.9 Å². The summed E-state index contributed by atoms with van der Waals surface area (Å²) in [5.74, 6) is 1.85. The SMILES string of the molecule is COc1cccc(SCCC(C)(CO)NC(C)C)c1. The van der Waals surface area contributed by atoms with Gasteiger partial charge in [-0.2, -0.15) is 0 Å². The first-order chi connectivity index (χ1) is 8.99. The average molecular weight is 283 g/mol. The molecule has 2 N–H and O–H groups in total. The summed E-state index contributed by atoms with van der Waals surface area (Å²) in [5.41, 5.74) is -0.208. The highest BCUT2D eigenvalue weighted by Gasteiger charge is 2.23. The second-order valence-corrected chi connectivity index (χ2v) is 6.46. The second-order valence-electron chi connectivity index (χ2n) is 5.30. The van der Waals surface area contributed by atoms with E-state index in [9.17, 15) is 5.11 Å². The van der Waals surface area contributed by atoms with Crippen LogP contribution in [0, 0.1) is 0 Å². The van der Waals surface area contributed by atoms with Crippen LogP contribution in [-0.2, 0) is 0 Å². The zero-order valence-electron chi connectivity index (χ0n) is 12.3. The normalized spacial score (nSPS) is 14.4. The Morgan fingerprint density at radius 2 is 2.16 bits per heavy atom. The molecule has 1 rings (SSSR count). The first-order valence-electron chi connectivity index (χ1n) is 6.64. The van der Waals surface area contributed by atoms with Gasteiger partial charge in [0.1, 0.15) is 5.75 Å². The fraction of sp³-hybridized carbons (Fsp3) is 0.600. The van der Waals surface area contributed by atoms with Crippen molar-refractivity contribution < 1.29 is 9.84 Å². The molecular formula is C15H25NO2S. The fourth-order valence-electron chi connectivity index (χ4n) is 1.98. The summed E-state index contributed by atoms with van der Waals surface area (Å²) in [5, 5.41) is 12.9. The number of thioether (sulfide) groups is 1. The molecule has 0 heterocycles. The average Bonchev–Trinajstić information content (AvgIpc) is 2.38. The predicted octanol–water partition coefficient (Wildman–Crippen LogP) is 2.93. The Bertz CT molecular complexity index is 384. The first-order valence-corrected chi connectivity index (χ1v) is 7.63. The molecule has 0 bridgehead atoms. The summed E-state index contributed by atoms with van der Waals surface area (Å²) in [7, 11) is 1.68. The number of aliphatic hydroxyl groups excluding tert-OH is 1. The number of benzene rings is 1. The van der Waals surface area contributed by atoms with E-state index in [0.29, 0.717) is 6.04 Å². The van der Waals surface area contributed by atoms with Crippen LogP contribution in [0.3, 0.4) is 0 Å². The van der Waals surface area contributed by atoms with E-state index in [-0.39, 0.29) is 12.1 Å². The van der Waals surface area contributed by atoms with E-state index in [1.165, 1.54) is 4.90 Å². The van der Waals surface area contributed by atoms with Crippen molar-refractivity contribution in [1.29, 1.82) is 0 Å². The summed E-state index contributed by atoms with van der Waals surface area (Å²) >= 11 is 1.79. The molecule has 0 radical (unpaired) electrons. The van der Waals surface area contributed by atoms with Crippen molar-refractivity contribution in [1.82, 2.24) is 5.32 Å². The standard InChI is InChI=1S/C15H25NO2S/c1-12(2)16-15(3,11-17)8-9-19-14-7-5-6-13(10-14)18-4/h5-7,10,12,16-17H,8-9,11H2,1-4H3. The van der Waals surface area contributed by atoms with Gasteiger partial charge in [-0.05, 0) is 37.3 Å². The molecule has 1 aromatic carbocycles. The quantitative estimate of drug-likeness (QED) is 0.720. The largest absolute Gasteiger partial charge is 0.497 e. The molecule has 3 nitrogen and oxygen atoms in total. The Hall–Kier alpha value is -0.710. The molecule has 0 saturated heterocycles. The zero-order valence-corrected chi connectivity index (χ0v) is 13.1. The smallest absolute Gasteiger partial charge is 0.119 e. The molecule has 0 aliphatic carbocycles. The number of hydrogen-bond donors (Lipinski definition) is 2. The minimum atomic E-state index is -0.208. The van der Waals surface area contributed by atoms with Crippen molar-refractivity contribution in [2.24, 2.45) is 0 Å². The lowest BCUT2D eigenvalue weighted by Gasteiger charge is -2.31. The summed E-state index contributed by atoms with van der Waals surface area (Å²) in [4.78, 5) is 1.20. The molecule has 1 aromatic rings. The van der Waals surface area contributed by atoms with Gasteiger partial charge < -0.3 is 15.2 Å². The van der Waals surface area contributed by atoms with Crippen molar-refractivity contribution in [2.75, 3.05) is 19.5 Å². The molecular weight excluding hydrogens is 258 g/mol. The number of rotatable bonds is 8. The van der Waals surface area contributed by atoms with E-state index >= 15 is 0 Å². The van der Waals surface area contributed by atoms with Crippen LogP contribution >= 0.6 is 11.8 Å². The Balaban J connectivity index is 2.47. The molecule has 0 aromatic heterocycles. The van der Waals surface area contributed by atoms with Crippen LogP contribution in [0.4, 0.5) is 0 Å². The Labute approximate surface area is 120 Å². The van der Waals surface area contributed by atoms with Crippen molar-refractivity contribution in [2.45, 2.75) is 43.7 Å². The van der Waals surface area contributed by atoms with Gasteiger partial charge >= 0.3 is 0 Å². The van der Waals surface area contributed by atoms with Crippen LogP contribution in [0.2, 0.25) is 0 Å². The van der Waals surface area contributed by atoms with Gasteiger partial charge in [-0.15, -0.1) is 11.8 Å². The molecule has 1 atom stereocenters. The minimum Gasteiger partial charge on any atom is -0.497 e. The van der Waals surface area contributed by atoms with E-state index in [1.807, 2.05) is 18.2 Å². The lowest BCUT2D eigenvalue weighted by atomic mass is 9.99. The van der Waals surface area contributed by atoms with Crippen LogP contribution in [0.25, 0.3) is 0 Å². The van der Waals surface area contributed by atoms with E-state index < -0.39 is 0 Å². The molecule has 108 valence electrons. The highest BCUT2D eigenvalue weighted by Crippen LogP contribution is 2.25. The Kier molecular flexibility index (Phi) is 6.69. The van der Waals surface area contributed by atoms with Gasteiger partial charge in [0.2, 0.25) is 0 Å². The van der Waals surface area contributed by atoms with Gasteiger partial charge in [-0.1, -0.05) is 19.9 Å². The molecule has 0 spiro atoms. The fourth-order valence-corrected chi connectivity index (χ4v) is 3.14. The summed E-state index contributed by atoms with van der Waals surface area (Å²) < 4.78 is 5.21. The molecule has 0 aliphatic heterocycles. The van der Waals surface area contributed by atoms with Crippen LogP contribution in [0.15, 0.2) is 29.2 Å². The van der Waals surface area contributed by atoms with Crippen LogP contribution < -0.4 is 10.1 Å². The number of ether oxygens (including phenoxy) is 1. The van der Waals surface area contributed by atoms with Gasteiger partial charge in [0.15, 0.2) is 0 Å². The second kappa shape index (κ2) is 7.78. The van der Waals surface area contributed by atoms with E-state index in [2.05, 4.69) is 32.2 Å². The number of methoxy groups -OCH3 is 1. The molecule has 19 heavy (non-hydrogen) atoms. The number of nitrogens with one attached hydrogen (secondary N) is 1. The lowest BCUT2D eigenvalue weighted by Crippen LogP contribution is -2.49.